The first-order valence-corrected chi connectivity index (χ1v) is 9.20. The molecule has 1 atom stereocenters. The predicted molar refractivity (Wildman–Crippen MR) is 104 cm³/mol. The van der Waals surface area contributed by atoms with Crippen LogP contribution in [-0.2, 0) is 6.54 Å². The van der Waals surface area contributed by atoms with Gasteiger partial charge in [-0.2, -0.15) is 5.10 Å². The Kier molecular flexibility index (Phi) is 4.16. The average molecular weight is 367 g/mol. The van der Waals surface area contributed by atoms with Gasteiger partial charge < -0.3 is 14.6 Å². The van der Waals surface area contributed by atoms with E-state index in [-0.39, 0.29) is 17.5 Å². The maximum atomic E-state index is 12.4. The fourth-order valence-electron chi connectivity index (χ4n) is 4.01. The highest BCUT2D eigenvalue weighted by Gasteiger charge is 2.47. The van der Waals surface area contributed by atoms with Crippen molar-refractivity contribution in [1.29, 1.82) is 0 Å². The van der Waals surface area contributed by atoms with Crippen molar-refractivity contribution in [2.45, 2.75) is 32.4 Å². The summed E-state index contributed by atoms with van der Waals surface area (Å²) in [6.07, 6.45) is 5.39. The van der Waals surface area contributed by atoms with Crippen LogP contribution >= 0.6 is 0 Å². The molecular formula is C20H25N5O2. The van der Waals surface area contributed by atoms with Crippen molar-refractivity contribution in [1.82, 2.24) is 24.2 Å². The molecule has 1 aromatic carbocycles. The van der Waals surface area contributed by atoms with E-state index in [0.29, 0.717) is 12.2 Å². The summed E-state index contributed by atoms with van der Waals surface area (Å²) in [5.41, 5.74) is -0.595. The standard InChI is InChI=1S/C20H25N5O2/c1-19(2)13-23(3)9-8-20(19,27)14-24-12-17(21-11-18(24)26)25-16-7-5-4-6-15(16)10-22-25/h4-7,10-12,27H,8-9,13-14H2,1-3H3. The lowest BCUT2D eigenvalue weighted by atomic mass is 9.70. The van der Waals surface area contributed by atoms with Gasteiger partial charge in [0.2, 0.25) is 0 Å². The molecule has 0 saturated carbocycles. The summed E-state index contributed by atoms with van der Waals surface area (Å²) < 4.78 is 3.28. The van der Waals surface area contributed by atoms with Crippen molar-refractivity contribution in [3.8, 4) is 5.82 Å². The van der Waals surface area contributed by atoms with E-state index in [1.165, 1.54) is 6.20 Å². The first kappa shape index (κ1) is 17.9. The molecular weight excluding hydrogens is 342 g/mol. The highest BCUT2D eigenvalue weighted by molar-refractivity contribution is 5.79. The number of nitrogens with zero attached hydrogens (tertiary/aromatic N) is 5. The second-order valence-corrected chi connectivity index (χ2v) is 8.23. The number of rotatable bonds is 3. The zero-order valence-corrected chi connectivity index (χ0v) is 16.0. The Morgan fingerprint density at radius 1 is 1.22 bits per heavy atom. The maximum absolute atomic E-state index is 12.4. The van der Waals surface area contributed by atoms with Crippen molar-refractivity contribution < 1.29 is 5.11 Å². The van der Waals surface area contributed by atoms with Gasteiger partial charge in [-0.3, -0.25) is 4.79 Å². The molecule has 1 aliphatic heterocycles. The number of aliphatic hydroxyl groups is 1. The minimum atomic E-state index is -0.964. The van der Waals surface area contributed by atoms with E-state index in [1.54, 1.807) is 21.6 Å². The highest BCUT2D eigenvalue weighted by atomic mass is 16.3. The Balaban J connectivity index is 1.72. The summed E-state index contributed by atoms with van der Waals surface area (Å²) in [5.74, 6) is 0.560. The first-order chi connectivity index (χ1) is 12.8. The Labute approximate surface area is 157 Å². The van der Waals surface area contributed by atoms with Crippen LogP contribution in [0, 0.1) is 5.41 Å². The van der Waals surface area contributed by atoms with Gasteiger partial charge >= 0.3 is 0 Å². The quantitative estimate of drug-likeness (QED) is 0.762. The summed E-state index contributed by atoms with van der Waals surface area (Å²) in [6.45, 7) is 5.92. The van der Waals surface area contributed by atoms with Gasteiger partial charge in [0, 0.05) is 23.9 Å². The molecule has 0 bridgehead atoms. The molecule has 4 rings (SSSR count). The number of benzene rings is 1. The molecule has 1 unspecified atom stereocenters. The molecule has 7 nitrogen and oxygen atoms in total. The van der Waals surface area contributed by atoms with E-state index >= 15 is 0 Å². The molecule has 27 heavy (non-hydrogen) atoms. The van der Waals surface area contributed by atoms with E-state index in [9.17, 15) is 9.90 Å². The molecule has 1 aliphatic rings. The normalized spacial score (nSPS) is 23.0. The number of para-hydroxylation sites is 1. The van der Waals surface area contributed by atoms with Crippen LogP contribution in [0.4, 0.5) is 0 Å². The molecule has 3 heterocycles. The van der Waals surface area contributed by atoms with E-state index in [1.807, 2.05) is 24.3 Å². The highest BCUT2D eigenvalue weighted by Crippen LogP contribution is 2.39. The Hall–Kier alpha value is -2.51. The monoisotopic (exact) mass is 367 g/mol. The topological polar surface area (TPSA) is 76.2 Å². The van der Waals surface area contributed by atoms with Crippen LogP contribution in [0.15, 0.2) is 47.7 Å². The largest absolute Gasteiger partial charge is 0.387 e. The Morgan fingerprint density at radius 3 is 2.78 bits per heavy atom. The lowest BCUT2D eigenvalue weighted by Crippen LogP contribution is -2.59. The summed E-state index contributed by atoms with van der Waals surface area (Å²) in [4.78, 5) is 18.9. The molecule has 1 saturated heterocycles. The van der Waals surface area contributed by atoms with Gasteiger partial charge in [0.25, 0.3) is 5.56 Å². The minimum absolute atomic E-state index is 0.224. The Morgan fingerprint density at radius 2 is 2.00 bits per heavy atom. The van der Waals surface area contributed by atoms with Crippen molar-refractivity contribution >= 4 is 10.9 Å². The number of piperidine rings is 1. The third kappa shape index (κ3) is 3.07. The molecule has 0 amide bonds. The summed E-state index contributed by atoms with van der Waals surface area (Å²) in [7, 11) is 2.06. The van der Waals surface area contributed by atoms with Crippen molar-refractivity contribution in [3.63, 3.8) is 0 Å². The lowest BCUT2D eigenvalue weighted by molar-refractivity contribution is -0.124. The van der Waals surface area contributed by atoms with Gasteiger partial charge in [0.05, 0.1) is 36.3 Å². The zero-order valence-electron chi connectivity index (χ0n) is 16.0. The third-order valence-corrected chi connectivity index (χ3v) is 5.82. The summed E-state index contributed by atoms with van der Waals surface area (Å²) in [5, 5.41) is 16.8. The number of aromatic nitrogens is 4. The number of hydrogen-bond donors (Lipinski definition) is 1. The third-order valence-electron chi connectivity index (χ3n) is 5.82. The second-order valence-electron chi connectivity index (χ2n) is 8.23. The average Bonchev–Trinajstić information content (AvgIpc) is 3.05. The SMILES string of the molecule is CN1CCC(O)(Cn2cc(-n3ncc4ccccc43)ncc2=O)C(C)(C)C1. The first-order valence-electron chi connectivity index (χ1n) is 9.20. The van der Waals surface area contributed by atoms with Crippen LogP contribution in [0.25, 0.3) is 16.7 Å². The predicted octanol–water partition coefficient (Wildman–Crippen LogP) is 1.67. The van der Waals surface area contributed by atoms with Gasteiger partial charge in [-0.25, -0.2) is 9.67 Å². The molecule has 1 fully saturated rings. The van der Waals surface area contributed by atoms with Gasteiger partial charge in [-0.15, -0.1) is 0 Å². The Bertz CT molecular complexity index is 1040. The second kappa shape index (κ2) is 6.28. The summed E-state index contributed by atoms with van der Waals surface area (Å²) >= 11 is 0. The minimum Gasteiger partial charge on any atom is -0.387 e. The van der Waals surface area contributed by atoms with E-state index in [2.05, 4.69) is 35.9 Å². The molecule has 7 heteroatoms. The van der Waals surface area contributed by atoms with E-state index in [0.717, 1.165) is 24.0 Å². The smallest absolute Gasteiger partial charge is 0.269 e. The van der Waals surface area contributed by atoms with Crippen LogP contribution in [0.1, 0.15) is 20.3 Å². The maximum Gasteiger partial charge on any atom is 0.269 e. The van der Waals surface area contributed by atoms with E-state index < -0.39 is 5.60 Å². The molecule has 2 aromatic heterocycles. The number of likely N-dealkylation sites (tertiary alicyclic amines) is 1. The zero-order chi connectivity index (χ0) is 19.2. The summed E-state index contributed by atoms with van der Waals surface area (Å²) in [6, 6.07) is 7.85. The van der Waals surface area contributed by atoms with Crippen LogP contribution in [-0.4, -0.2) is 55.1 Å². The van der Waals surface area contributed by atoms with Gasteiger partial charge in [-0.1, -0.05) is 32.0 Å². The number of hydrogen-bond acceptors (Lipinski definition) is 5. The molecule has 142 valence electrons. The fraction of sp³-hybridized carbons (Fsp3) is 0.450. The molecule has 0 radical (unpaired) electrons. The fourth-order valence-corrected chi connectivity index (χ4v) is 4.01. The van der Waals surface area contributed by atoms with Gasteiger partial charge in [-0.05, 0) is 19.5 Å². The van der Waals surface area contributed by atoms with Crippen LogP contribution in [0.2, 0.25) is 0 Å². The van der Waals surface area contributed by atoms with E-state index in [4.69, 9.17) is 0 Å². The van der Waals surface area contributed by atoms with Crippen molar-refractivity contribution in [2.24, 2.45) is 5.41 Å². The molecule has 1 N–H and O–H groups in total. The van der Waals surface area contributed by atoms with Crippen LogP contribution < -0.4 is 5.56 Å². The molecule has 0 aliphatic carbocycles. The van der Waals surface area contributed by atoms with Crippen LogP contribution in [0.5, 0.6) is 0 Å². The molecule has 3 aromatic rings. The van der Waals surface area contributed by atoms with Gasteiger partial charge in [0.1, 0.15) is 0 Å². The lowest BCUT2D eigenvalue weighted by Gasteiger charge is -2.49. The number of fused-ring (bicyclic) bond motifs is 1. The van der Waals surface area contributed by atoms with Crippen molar-refractivity contribution in [2.75, 3.05) is 20.1 Å². The van der Waals surface area contributed by atoms with Gasteiger partial charge in [0.15, 0.2) is 5.82 Å². The molecule has 0 spiro atoms. The van der Waals surface area contributed by atoms with Crippen molar-refractivity contribution in [3.05, 3.63) is 53.2 Å². The van der Waals surface area contributed by atoms with Crippen LogP contribution in [0.3, 0.4) is 0 Å².